The summed E-state index contributed by atoms with van der Waals surface area (Å²) >= 11 is 0. The normalized spacial score (nSPS) is 15.0. The van der Waals surface area contributed by atoms with Crippen LogP contribution in [0.4, 0.5) is 0 Å². The standard InChI is InChI=1S/C44H36N2.2H2/c1-3-19-35(20-4-1)41(45-43-37-23-11-7-15-31(37)27-28-32-16-8-12-24-38(32)43)42(36-21-5-2-6-22-36)46-44-39-25-13-9-17-33(39)29-30-34-18-10-14-26-40(34)44;;/h1-30,41-46H;2*1H/t41-,42-;;/m0../s1. The molecule has 0 spiro atoms. The van der Waals surface area contributed by atoms with Crippen LogP contribution in [-0.4, -0.2) is 0 Å². The molecule has 0 amide bonds. The van der Waals surface area contributed by atoms with Crippen molar-refractivity contribution < 1.29 is 2.85 Å². The zero-order chi connectivity index (χ0) is 30.7. The molecule has 226 valence electrons. The zero-order valence-electron chi connectivity index (χ0n) is 25.6. The molecule has 2 nitrogen and oxygen atoms in total. The Morgan fingerprint density at radius 1 is 0.326 bits per heavy atom. The Morgan fingerprint density at radius 3 is 0.891 bits per heavy atom. The van der Waals surface area contributed by atoms with Gasteiger partial charge in [-0.05, 0) is 55.6 Å². The molecule has 0 fully saturated rings. The summed E-state index contributed by atoms with van der Waals surface area (Å²) in [6.07, 6.45) is 9.03. The molecule has 0 aromatic heterocycles. The van der Waals surface area contributed by atoms with E-state index >= 15 is 0 Å². The predicted octanol–water partition coefficient (Wildman–Crippen LogP) is 10.7. The lowest BCUT2D eigenvalue weighted by Crippen LogP contribution is -2.40. The molecule has 2 aliphatic rings. The first-order chi connectivity index (χ1) is 22.8. The lowest BCUT2D eigenvalue weighted by molar-refractivity contribution is 0.346. The van der Waals surface area contributed by atoms with Gasteiger partial charge >= 0.3 is 0 Å². The van der Waals surface area contributed by atoms with Gasteiger partial charge in [-0.15, -0.1) is 0 Å². The smallest absolute Gasteiger partial charge is 0.0593 e. The molecule has 0 saturated heterocycles. The molecule has 0 aliphatic heterocycles. The number of nitrogens with one attached hydrogen (secondary N) is 2. The van der Waals surface area contributed by atoms with Crippen LogP contribution in [0.15, 0.2) is 158 Å². The molecule has 2 N–H and O–H groups in total. The van der Waals surface area contributed by atoms with Crippen LogP contribution < -0.4 is 10.6 Å². The van der Waals surface area contributed by atoms with E-state index in [2.05, 4.69) is 193 Å². The third kappa shape index (κ3) is 5.43. The fourth-order valence-corrected chi connectivity index (χ4v) is 7.21. The Morgan fingerprint density at radius 2 is 0.587 bits per heavy atom. The molecule has 2 atom stereocenters. The van der Waals surface area contributed by atoms with Gasteiger partial charge in [0.25, 0.3) is 0 Å². The monoisotopic (exact) mass is 596 g/mol. The predicted molar refractivity (Wildman–Crippen MR) is 196 cm³/mol. The van der Waals surface area contributed by atoms with E-state index in [1.807, 2.05) is 0 Å². The van der Waals surface area contributed by atoms with Crippen molar-refractivity contribution in [2.45, 2.75) is 24.2 Å². The van der Waals surface area contributed by atoms with Crippen LogP contribution in [0, 0.1) is 0 Å². The summed E-state index contributed by atoms with van der Waals surface area (Å²) < 4.78 is 0. The molecular weight excluding hydrogens is 556 g/mol. The number of rotatable bonds is 7. The Hall–Kier alpha value is -5.28. The second kappa shape index (κ2) is 12.6. The summed E-state index contributed by atoms with van der Waals surface area (Å²) in [5.74, 6) is 0. The first-order valence-electron chi connectivity index (χ1n) is 16.2. The molecule has 0 saturated carbocycles. The Labute approximate surface area is 274 Å². The number of hydrogen-bond acceptors (Lipinski definition) is 2. The van der Waals surface area contributed by atoms with Crippen LogP contribution in [0.3, 0.4) is 0 Å². The van der Waals surface area contributed by atoms with Gasteiger partial charge in [0.2, 0.25) is 0 Å². The van der Waals surface area contributed by atoms with Gasteiger partial charge in [0.15, 0.2) is 0 Å². The highest BCUT2D eigenvalue weighted by Gasteiger charge is 2.33. The average molecular weight is 597 g/mol. The molecule has 0 unspecified atom stereocenters. The summed E-state index contributed by atoms with van der Waals surface area (Å²) in [6, 6.07) is 56.9. The van der Waals surface area contributed by atoms with Crippen LogP contribution in [-0.2, 0) is 0 Å². The molecule has 6 aromatic rings. The summed E-state index contributed by atoms with van der Waals surface area (Å²) in [7, 11) is 0. The first kappa shape index (κ1) is 28.2. The average Bonchev–Trinajstić information content (AvgIpc) is 3.39. The Balaban J connectivity index is 0.00000201. The maximum Gasteiger partial charge on any atom is 0.0593 e. The van der Waals surface area contributed by atoms with Gasteiger partial charge in [0, 0.05) is 2.85 Å². The highest BCUT2D eigenvalue weighted by molar-refractivity contribution is 5.77. The third-order valence-corrected chi connectivity index (χ3v) is 9.46. The summed E-state index contributed by atoms with van der Waals surface area (Å²) in [6.45, 7) is 0. The van der Waals surface area contributed by atoms with E-state index in [4.69, 9.17) is 0 Å². The highest BCUT2D eigenvalue weighted by atomic mass is 15.1. The van der Waals surface area contributed by atoms with Crippen LogP contribution in [0.25, 0.3) is 24.3 Å². The topological polar surface area (TPSA) is 24.1 Å². The van der Waals surface area contributed by atoms with Crippen molar-refractivity contribution in [2.24, 2.45) is 0 Å². The fourth-order valence-electron chi connectivity index (χ4n) is 7.21. The van der Waals surface area contributed by atoms with Crippen molar-refractivity contribution in [1.29, 1.82) is 0 Å². The number of benzene rings is 6. The van der Waals surface area contributed by atoms with Gasteiger partial charge < -0.3 is 0 Å². The van der Waals surface area contributed by atoms with Crippen LogP contribution >= 0.6 is 0 Å². The molecular formula is C44H40N2. The lowest BCUT2D eigenvalue weighted by atomic mass is 9.86. The minimum Gasteiger partial charge on any atom is -0.298 e. The molecule has 0 heterocycles. The summed E-state index contributed by atoms with van der Waals surface area (Å²) in [4.78, 5) is 0. The lowest BCUT2D eigenvalue weighted by Gasteiger charge is -2.37. The maximum atomic E-state index is 4.26. The van der Waals surface area contributed by atoms with E-state index in [-0.39, 0.29) is 27.0 Å². The minimum atomic E-state index is -0.0663. The van der Waals surface area contributed by atoms with Gasteiger partial charge in [0.1, 0.15) is 0 Å². The number of fused-ring (bicyclic) bond motifs is 4. The zero-order valence-corrected chi connectivity index (χ0v) is 25.6. The van der Waals surface area contributed by atoms with E-state index in [0.29, 0.717) is 0 Å². The van der Waals surface area contributed by atoms with Crippen LogP contribution in [0.5, 0.6) is 0 Å². The molecule has 0 bridgehead atoms. The van der Waals surface area contributed by atoms with Crippen molar-refractivity contribution >= 4 is 24.3 Å². The SMILES string of the molecule is C1=Cc2ccccc2C(N[C@@H](c2ccccc2)[C@@H](NC2c3ccccc3C=Cc3ccccc32)c2ccccc2)c2ccccc21.[HH].[HH]. The van der Waals surface area contributed by atoms with Crippen molar-refractivity contribution in [3.05, 3.63) is 213 Å². The highest BCUT2D eigenvalue weighted by Crippen LogP contribution is 2.41. The largest absolute Gasteiger partial charge is 0.298 e. The van der Waals surface area contributed by atoms with E-state index in [1.54, 1.807) is 0 Å². The molecule has 46 heavy (non-hydrogen) atoms. The van der Waals surface area contributed by atoms with Crippen molar-refractivity contribution in [3.8, 4) is 0 Å². The first-order valence-corrected chi connectivity index (χ1v) is 16.2. The van der Waals surface area contributed by atoms with Gasteiger partial charge in [-0.25, -0.2) is 0 Å². The molecule has 6 aromatic carbocycles. The summed E-state index contributed by atoms with van der Waals surface area (Å²) in [5, 5.41) is 8.52. The molecule has 8 rings (SSSR count). The van der Waals surface area contributed by atoms with Crippen molar-refractivity contribution in [1.82, 2.24) is 10.6 Å². The van der Waals surface area contributed by atoms with Crippen LogP contribution in [0.2, 0.25) is 0 Å². The van der Waals surface area contributed by atoms with E-state index < -0.39 is 0 Å². The Bertz CT molecular complexity index is 1790. The van der Waals surface area contributed by atoms with Crippen molar-refractivity contribution in [2.75, 3.05) is 0 Å². The van der Waals surface area contributed by atoms with Crippen molar-refractivity contribution in [3.63, 3.8) is 0 Å². The van der Waals surface area contributed by atoms with E-state index in [1.165, 1.54) is 55.6 Å². The van der Waals surface area contributed by atoms with Gasteiger partial charge in [-0.1, -0.05) is 182 Å². The fraction of sp³-hybridized carbons (Fsp3) is 0.0909. The molecule has 2 aliphatic carbocycles. The van der Waals surface area contributed by atoms with Crippen LogP contribution in [0.1, 0.15) is 82.7 Å². The Kier molecular flexibility index (Phi) is 7.73. The second-order valence-corrected chi connectivity index (χ2v) is 12.2. The van der Waals surface area contributed by atoms with E-state index in [9.17, 15) is 0 Å². The minimum absolute atomic E-state index is 0. The molecule has 2 heteroatoms. The molecule has 0 radical (unpaired) electrons. The van der Waals surface area contributed by atoms with Gasteiger partial charge in [0.05, 0.1) is 24.2 Å². The van der Waals surface area contributed by atoms with Gasteiger partial charge in [-0.3, -0.25) is 10.6 Å². The quantitative estimate of drug-likeness (QED) is 0.192. The maximum absolute atomic E-state index is 4.26. The van der Waals surface area contributed by atoms with Gasteiger partial charge in [-0.2, -0.15) is 0 Å². The second-order valence-electron chi connectivity index (χ2n) is 12.2. The number of hydrogen-bond donors (Lipinski definition) is 2. The third-order valence-electron chi connectivity index (χ3n) is 9.46. The summed E-state index contributed by atoms with van der Waals surface area (Å²) in [5.41, 5.74) is 12.6. The van der Waals surface area contributed by atoms with E-state index in [0.717, 1.165) is 0 Å².